The number of rotatable bonds is 9. The topological polar surface area (TPSA) is 91.7 Å². The Labute approximate surface area is 115 Å². The molecule has 0 saturated carbocycles. The van der Waals surface area contributed by atoms with Gasteiger partial charge in [-0.3, -0.25) is 4.55 Å². The second kappa shape index (κ2) is 7.62. The molecule has 19 heavy (non-hydrogen) atoms. The summed E-state index contributed by atoms with van der Waals surface area (Å²) >= 11 is 0. The van der Waals surface area contributed by atoms with E-state index in [-0.39, 0.29) is 5.75 Å². The molecule has 0 aromatic heterocycles. The van der Waals surface area contributed by atoms with E-state index in [0.29, 0.717) is 29.3 Å². The van der Waals surface area contributed by atoms with Gasteiger partial charge in [-0.2, -0.15) is 8.42 Å². The third kappa shape index (κ3) is 10.7. The van der Waals surface area contributed by atoms with Crippen LogP contribution in [0.3, 0.4) is 0 Å². The lowest BCUT2D eigenvalue weighted by Gasteiger charge is -2.29. The van der Waals surface area contributed by atoms with E-state index >= 15 is 0 Å². The molecule has 0 heterocycles. The van der Waals surface area contributed by atoms with Gasteiger partial charge in [0.2, 0.25) is 0 Å². The highest BCUT2D eigenvalue weighted by molar-refractivity contribution is 7.85. The van der Waals surface area contributed by atoms with E-state index in [9.17, 15) is 13.2 Å². The average Bonchev–Trinajstić information content (AvgIpc) is 2.22. The monoisotopic (exact) mass is 294 g/mol. The van der Waals surface area contributed by atoms with Crippen LogP contribution in [0.25, 0.3) is 0 Å². The van der Waals surface area contributed by atoms with E-state index in [1.165, 1.54) is 0 Å². The summed E-state index contributed by atoms with van der Waals surface area (Å²) in [7, 11) is 0.161. The number of carboxylic acid groups (broad SMARTS) is 1. The van der Waals surface area contributed by atoms with Crippen molar-refractivity contribution < 1.29 is 27.4 Å². The molecule has 7 heteroatoms. The number of unbranched alkanes of at least 4 members (excludes halogenated alkanes) is 1. The molecule has 0 fully saturated rings. The van der Waals surface area contributed by atoms with Gasteiger partial charge in [-0.05, 0) is 19.8 Å². The zero-order chi connectivity index (χ0) is 15.1. The fourth-order valence-corrected chi connectivity index (χ4v) is 2.22. The molecule has 0 bridgehead atoms. The second-order valence-corrected chi connectivity index (χ2v) is 6.93. The summed E-state index contributed by atoms with van der Waals surface area (Å²) in [6, 6.07) is 0. The summed E-state index contributed by atoms with van der Waals surface area (Å²) in [4.78, 5) is 10.6. The van der Waals surface area contributed by atoms with E-state index in [1.807, 2.05) is 14.1 Å². The van der Waals surface area contributed by atoms with Crippen molar-refractivity contribution in [2.45, 2.75) is 26.2 Å². The molecule has 112 valence electrons. The molecule has 2 N–H and O–H groups in total. The van der Waals surface area contributed by atoms with Crippen LogP contribution in [0.2, 0.25) is 0 Å². The summed E-state index contributed by atoms with van der Waals surface area (Å²) in [5.74, 6) is -1.11. The minimum Gasteiger partial charge on any atom is -0.478 e. The van der Waals surface area contributed by atoms with Crippen LogP contribution in [0, 0.1) is 0 Å². The summed E-state index contributed by atoms with van der Waals surface area (Å²) in [6.45, 7) is 3.14. The van der Waals surface area contributed by atoms with Crippen LogP contribution in [0.15, 0.2) is 11.6 Å². The van der Waals surface area contributed by atoms with Crippen molar-refractivity contribution in [3.05, 3.63) is 11.6 Å². The van der Waals surface area contributed by atoms with Crippen molar-refractivity contribution in [3.63, 3.8) is 0 Å². The third-order valence-corrected chi connectivity index (χ3v) is 3.74. The highest BCUT2D eigenvalue weighted by Gasteiger charge is 2.14. The smallest absolute Gasteiger partial charge is 0.330 e. The van der Waals surface area contributed by atoms with Gasteiger partial charge in [0.25, 0.3) is 10.1 Å². The number of carboxylic acids is 1. The molecule has 0 amide bonds. The Morgan fingerprint density at radius 3 is 2.26 bits per heavy atom. The largest absolute Gasteiger partial charge is 0.478 e. The Hall–Kier alpha value is -0.920. The zero-order valence-electron chi connectivity index (χ0n) is 11.8. The Balaban J connectivity index is 3.99. The quantitative estimate of drug-likeness (QED) is 0.288. The van der Waals surface area contributed by atoms with Crippen molar-refractivity contribution in [2.75, 3.05) is 32.9 Å². The lowest BCUT2D eigenvalue weighted by molar-refractivity contribution is -0.890. The SMILES string of the molecule is CC(=CCC[N+](C)(C)CCCCS(=O)(=O)O)C(=O)O. The van der Waals surface area contributed by atoms with E-state index in [4.69, 9.17) is 9.66 Å². The van der Waals surface area contributed by atoms with E-state index in [1.54, 1.807) is 13.0 Å². The molecule has 0 atom stereocenters. The van der Waals surface area contributed by atoms with Crippen LogP contribution in [-0.2, 0) is 14.9 Å². The van der Waals surface area contributed by atoms with Crippen LogP contribution in [0.5, 0.6) is 0 Å². The lowest BCUT2D eigenvalue weighted by Crippen LogP contribution is -2.41. The summed E-state index contributed by atoms with van der Waals surface area (Å²) in [5, 5.41) is 8.71. The van der Waals surface area contributed by atoms with Crippen LogP contribution in [0.1, 0.15) is 26.2 Å². The maximum absolute atomic E-state index is 10.6. The first-order valence-electron chi connectivity index (χ1n) is 6.21. The highest BCUT2D eigenvalue weighted by atomic mass is 32.2. The molecule has 0 aliphatic heterocycles. The molecule has 0 aromatic carbocycles. The van der Waals surface area contributed by atoms with Gasteiger partial charge in [-0.15, -0.1) is 0 Å². The molecule has 0 radical (unpaired) electrons. The predicted octanol–water partition coefficient (Wildman–Crippen LogP) is 1.15. The van der Waals surface area contributed by atoms with E-state index in [0.717, 1.165) is 13.1 Å². The molecule has 0 rings (SSSR count). The molecule has 0 aliphatic rings. The third-order valence-electron chi connectivity index (χ3n) is 2.94. The Morgan fingerprint density at radius 1 is 1.21 bits per heavy atom. The van der Waals surface area contributed by atoms with Crippen LogP contribution >= 0.6 is 0 Å². The summed E-state index contributed by atoms with van der Waals surface area (Å²) in [6.07, 6.45) is 3.50. The molecule has 0 unspecified atom stereocenters. The first-order chi connectivity index (χ1) is 8.53. The van der Waals surface area contributed by atoms with Crippen molar-refractivity contribution in [1.82, 2.24) is 0 Å². The van der Waals surface area contributed by atoms with Gasteiger partial charge in [-0.25, -0.2) is 4.79 Å². The van der Waals surface area contributed by atoms with Gasteiger partial charge < -0.3 is 9.59 Å². The first kappa shape index (κ1) is 18.1. The number of quaternary nitrogens is 1. The zero-order valence-corrected chi connectivity index (χ0v) is 12.6. The van der Waals surface area contributed by atoms with Crippen molar-refractivity contribution in [2.24, 2.45) is 0 Å². The summed E-state index contributed by atoms with van der Waals surface area (Å²) < 4.78 is 30.4. The molecular formula is C12H24NO5S+. The fourth-order valence-electron chi connectivity index (χ4n) is 1.65. The Morgan fingerprint density at radius 2 is 1.79 bits per heavy atom. The van der Waals surface area contributed by atoms with Gasteiger partial charge in [0.15, 0.2) is 0 Å². The number of hydrogen-bond acceptors (Lipinski definition) is 3. The van der Waals surface area contributed by atoms with Gasteiger partial charge in [0.05, 0.1) is 32.9 Å². The second-order valence-electron chi connectivity index (χ2n) is 5.36. The summed E-state index contributed by atoms with van der Waals surface area (Å²) in [5.41, 5.74) is 0.339. The molecule has 6 nitrogen and oxygen atoms in total. The van der Waals surface area contributed by atoms with Gasteiger partial charge >= 0.3 is 5.97 Å². The van der Waals surface area contributed by atoms with Crippen LogP contribution < -0.4 is 0 Å². The van der Waals surface area contributed by atoms with Gasteiger partial charge in [-0.1, -0.05) is 6.08 Å². The van der Waals surface area contributed by atoms with E-state index in [2.05, 4.69) is 0 Å². The van der Waals surface area contributed by atoms with Gasteiger partial charge in [0, 0.05) is 12.0 Å². The van der Waals surface area contributed by atoms with Crippen LogP contribution in [0.4, 0.5) is 0 Å². The van der Waals surface area contributed by atoms with Crippen molar-refractivity contribution in [1.29, 1.82) is 0 Å². The predicted molar refractivity (Wildman–Crippen MR) is 73.5 cm³/mol. The minimum atomic E-state index is -3.86. The minimum absolute atomic E-state index is 0.203. The molecule has 0 saturated heterocycles. The van der Waals surface area contributed by atoms with Crippen molar-refractivity contribution >= 4 is 16.1 Å². The Kier molecular flexibility index (Phi) is 7.25. The molecular weight excluding hydrogens is 270 g/mol. The maximum atomic E-state index is 10.6. The van der Waals surface area contributed by atoms with Crippen molar-refractivity contribution in [3.8, 4) is 0 Å². The number of hydrogen-bond donors (Lipinski definition) is 2. The highest BCUT2D eigenvalue weighted by Crippen LogP contribution is 2.06. The molecule has 0 spiro atoms. The Bertz CT molecular complexity index is 425. The van der Waals surface area contributed by atoms with E-state index < -0.39 is 16.1 Å². The number of nitrogens with zero attached hydrogens (tertiary/aromatic N) is 1. The maximum Gasteiger partial charge on any atom is 0.330 e. The van der Waals surface area contributed by atoms with Crippen LogP contribution in [-0.4, -0.2) is 61.5 Å². The molecule has 0 aromatic rings. The molecule has 0 aliphatic carbocycles. The first-order valence-corrected chi connectivity index (χ1v) is 7.82. The number of carbonyl (C=O) groups is 1. The average molecular weight is 294 g/mol. The fraction of sp³-hybridized carbons (Fsp3) is 0.750. The normalized spacial score (nSPS) is 13.6. The van der Waals surface area contributed by atoms with Gasteiger partial charge in [0.1, 0.15) is 0 Å². The standard InChI is InChI=1S/C12H23NO5S/c1-11(12(14)15)7-6-9-13(2,3)8-4-5-10-19(16,17)18/h7H,4-6,8-10H2,1-3H3,(H-,14,15,16,17,18)/p+1. The number of aliphatic carboxylic acids is 1. The lowest BCUT2D eigenvalue weighted by atomic mass is 10.2.